The molecule has 4 aromatic rings. The highest BCUT2D eigenvalue weighted by Gasteiger charge is 2.13. The first kappa shape index (κ1) is 17.4. The molecule has 6 nitrogen and oxygen atoms in total. The van der Waals surface area contributed by atoms with E-state index >= 15 is 0 Å². The van der Waals surface area contributed by atoms with E-state index in [0.717, 1.165) is 28.0 Å². The van der Waals surface area contributed by atoms with Crippen molar-refractivity contribution in [3.8, 4) is 10.7 Å². The maximum absolute atomic E-state index is 12.5. The largest absolute Gasteiger partial charge is 0.337 e. The number of amides is 1. The predicted octanol–water partition coefficient (Wildman–Crippen LogP) is 3.95. The monoisotopic (exact) mass is 397 g/mol. The van der Waals surface area contributed by atoms with Crippen molar-refractivity contribution in [2.24, 2.45) is 0 Å². The van der Waals surface area contributed by atoms with Crippen LogP contribution in [0, 0.1) is 0 Å². The number of hydrogen-bond donors (Lipinski definition) is 2. The van der Waals surface area contributed by atoms with Crippen LogP contribution in [-0.2, 0) is 9.84 Å². The Labute approximate surface area is 159 Å². The Bertz CT molecular complexity index is 1240. The molecule has 0 spiro atoms. The molecule has 0 saturated heterocycles. The van der Waals surface area contributed by atoms with Gasteiger partial charge in [0.25, 0.3) is 5.91 Å². The van der Waals surface area contributed by atoms with E-state index in [1.165, 1.54) is 12.1 Å². The molecule has 136 valence electrons. The number of aromatic amines is 1. The summed E-state index contributed by atoms with van der Waals surface area (Å²) < 4.78 is 23.3. The van der Waals surface area contributed by atoms with Crippen LogP contribution in [0.4, 0.5) is 5.69 Å². The summed E-state index contributed by atoms with van der Waals surface area (Å²) in [7, 11) is -3.37. The molecule has 1 amide bonds. The molecule has 0 fully saturated rings. The summed E-state index contributed by atoms with van der Waals surface area (Å²) in [6.45, 7) is 0. The molecule has 0 aliphatic rings. The van der Waals surface area contributed by atoms with Gasteiger partial charge in [-0.2, -0.15) is 0 Å². The number of nitrogens with one attached hydrogen (secondary N) is 2. The van der Waals surface area contributed by atoms with Gasteiger partial charge < -0.3 is 10.3 Å². The lowest BCUT2D eigenvalue weighted by molar-refractivity contribution is 0.102. The average Bonchev–Trinajstić information content (AvgIpc) is 3.30. The first-order valence-electron chi connectivity index (χ1n) is 8.05. The van der Waals surface area contributed by atoms with Gasteiger partial charge in [0.1, 0.15) is 5.82 Å². The van der Waals surface area contributed by atoms with Crippen LogP contribution in [0.1, 0.15) is 10.4 Å². The predicted molar refractivity (Wildman–Crippen MR) is 107 cm³/mol. The van der Waals surface area contributed by atoms with Gasteiger partial charge in [0.2, 0.25) is 0 Å². The quantitative estimate of drug-likeness (QED) is 0.545. The molecule has 2 aromatic carbocycles. The fourth-order valence-corrected chi connectivity index (χ4v) is 4.02. The third kappa shape index (κ3) is 3.62. The summed E-state index contributed by atoms with van der Waals surface area (Å²) in [5, 5.41) is 4.78. The standard InChI is InChI=1S/C19H15N3O3S2/c1-27(24,25)14-5-2-4-12(10-14)19(23)20-13-7-8-15-16(11-13)22-18(21-15)17-6-3-9-26-17/h2-11H,1H3,(H,20,23)(H,21,22). The van der Waals surface area contributed by atoms with E-state index in [0.29, 0.717) is 5.69 Å². The minimum atomic E-state index is -3.37. The van der Waals surface area contributed by atoms with Crippen LogP contribution in [0.25, 0.3) is 21.7 Å². The molecule has 0 atom stereocenters. The minimum Gasteiger partial charge on any atom is -0.337 e. The Morgan fingerprint density at radius 2 is 1.96 bits per heavy atom. The zero-order valence-electron chi connectivity index (χ0n) is 14.3. The van der Waals surface area contributed by atoms with E-state index in [1.807, 2.05) is 23.6 Å². The van der Waals surface area contributed by atoms with Crippen molar-refractivity contribution in [2.75, 3.05) is 11.6 Å². The highest BCUT2D eigenvalue weighted by Crippen LogP contribution is 2.26. The fraction of sp³-hybridized carbons (Fsp3) is 0.0526. The van der Waals surface area contributed by atoms with Crippen molar-refractivity contribution >= 4 is 43.8 Å². The second-order valence-corrected chi connectivity index (χ2v) is 9.01. The van der Waals surface area contributed by atoms with Crippen LogP contribution < -0.4 is 5.32 Å². The summed E-state index contributed by atoms with van der Waals surface area (Å²) in [4.78, 5) is 21.4. The molecule has 2 heterocycles. The van der Waals surface area contributed by atoms with Gasteiger partial charge in [-0.1, -0.05) is 12.1 Å². The van der Waals surface area contributed by atoms with Crippen LogP contribution in [0.5, 0.6) is 0 Å². The van der Waals surface area contributed by atoms with Crippen molar-refractivity contribution in [1.29, 1.82) is 0 Å². The molecule has 0 aliphatic carbocycles. The molecule has 0 unspecified atom stereocenters. The molecule has 27 heavy (non-hydrogen) atoms. The number of hydrogen-bond acceptors (Lipinski definition) is 5. The van der Waals surface area contributed by atoms with Crippen molar-refractivity contribution in [3.05, 3.63) is 65.5 Å². The third-order valence-corrected chi connectivity index (χ3v) is 6.01. The van der Waals surface area contributed by atoms with Gasteiger partial charge >= 0.3 is 0 Å². The number of benzene rings is 2. The number of carbonyl (C=O) groups is 1. The number of sulfone groups is 1. The number of aromatic nitrogens is 2. The van der Waals surface area contributed by atoms with Crippen LogP contribution in [0.3, 0.4) is 0 Å². The molecule has 8 heteroatoms. The second-order valence-electron chi connectivity index (χ2n) is 6.05. The number of thiophene rings is 1. The Kier molecular flexibility index (Phi) is 4.29. The molecule has 0 saturated carbocycles. The van der Waals surface area contributed by atoms with Crippen LogP contribution in [0.2, 0.25) is 0 Å². The van der Waals surface area contributed by atoms with E-state index in [2.05, 4.69) is 15.3 Å². The van der Waals surface area contributed by atoms with Crippen molar-refractivity contribution < 1.29 is 13.2 Å². The van der Waals surface area contributed by atoms with Gasteiger partial charge in [-0.05, 0) is 47.8 Å². The second kappa shape index (κ2) is 6.64. The maximum Gasteiger partial charge on any atom is 0.255 e. The number of rotatable bonds is 4. The van der Waals surface area contributed by atoms with Crippen molar-refractivity contribution in [2.45, 2.75) is 4.90 Å². The summed E-state index contributed by atoms with van der Waals surface area (Å²) >= 11 is 1.59. The van der Waals surface area contributed by atoms with E-state index in [9.17, 15) is 13.2 Å². The molecule has 0 aliphatic heterocycles. The lowest BCUT2D eigenvalue weighted by Crippen LogP contribution is -2.12. The summed E-state index contributed by atoms with van der Waals surface area (Å²) in [5.74, 6) is 0.405. The first-order chi connectivity index (χ1) is 12.9. The Balaban J connectivity index is 1.61. The van der Waals surface area contributed by atoms with Gasteiger partial charge in [0.15, 0.2) is 9.84 Å². The molecule has 4 rings (SSSR count). The van der Waals surface area contributed by atoms with Gasteiger partial charge in [-0.25, -0.2) is 13.4 Å². The lowest BCUT2D eigenvalue weighted by Gasteiger charge is -2.06. The van der Waals surface area contributed by atoms with E-state index in [1.54, 1.807) is 35.6 Å². The van der Waals surface area contributed by atoms with Crippen molar-refractivity contribution in [1.82, 2.24) is 9.97 Å². The summed E-state index contributed by atoms with van der Waals surface area (Å²) in [6.07, 6.45) is 1.11. The fourth-order valence-electron chi connectivity index (χ4n) is 2.69. The Morgan fingerprint density at radius 3 is 2.70 bits per heavy atom. The molecule has 2 aromatic heterocycles. The van der Waals surface area contributed by atoms with E-state index < -0.39 is 9.84 Å². The number of imidazole rings is 1. The number of H-pyrrole nitrogens is 1. The minimum absolute atomic E-state index is 0.111. The smallest absolute Gasteiger partial charge is 0.255 e. The third-order valence-electron chi connectivity index (χ3n) is 4.02. The highest BCUT2D eigenvalue weighted by atomic mass is 32.2. The topological polar surface area (TPSA) is 91.9 Å². The van der Waals surface area contributed by atoms with Crippen molar-refractivity contribution in [3.63, 3.8) is 0 Å². The molecule has 0 radical (unpaired) electrons. The van der Waals surface area contributed by atoms with Gasteiger partial charge in [0.05, 0.1) is 20.8 Å². The molecular weight excluding hydrogens is 382 g/mol. The maximum atomic E-state index is 12.5. The SMILES string of the molecule is CS(=O)(=O)c1cccc(C(=O)Nc2ccc3nc(-c4cccs4)[nH]c3c2)c1. The normalized spacial score (nSPS) is 11.6. The molecular formula is C19H15N3O3S2. The summed E-state index contributed by atoms with van der Waals surface area (Å²) in [5.41, 5.74) is 2.48. The van der Waals surface area contributed by atoms with E-state index in [4.69, 9.17) is 0 Å². The number of fused-ring (bicyclic) bond motifs is 1. The highest BCUT2D eigenvalue weighted by molar-refractivity contribution is 7.90. The van der Waals surface area contributed by atoms with Crippen LogP contribution >= 0.6 is 11.3 Å². The van der Waals surface area contributed by atoms with Gasteiger partial charge in [-0.15, -0.1) is 11.3 Å². The molecule has 2 N–H and O–H groups in total. The number of carbonyl (C=O) groups excluding carboxylic acids is 1. The number of nitrogens with zero attached hydrogens (tertiary/aromatic N) is 1. The van der Waals surface area contributed by atoms with Crippen LogP contribution in [-0.4, -0.2) is 30.5 Å². The number of anilines is 1. The first-order valence-corrected chi connectivity index (χ1v) is 10.8. The zero-order chi connectivity index (χ0) is 19.0. The summed E-state index contributed by atoms with van der Waals surface area (Å²) in [6, 6.07) is 15.3. The average molecular weight is 397 g/mol. The zero-order valence-corrected chi connectivity index (χ0v) is 15.9. The Hall–Kier alpha value is -2.97. The lowest BCUT2D eigenvalue weighted by atomic mass is 10.2. The van der Waals surface area contributed by atoms with Gasteiger partial charge in [0, 0.05) is 17.5 Å². The Morgan fingerprint density at radius 1 is 1.11 bits per heavy atom. The van der Waals surface area contributed by atoms with Crippen LogP contribution in [0.15, 0.2) is 64.9 Å². The molecule has 0 bridgehead atoms. The van der Waals surface area contributed by atoms with Gasteiger partial charge in [-0.3, -0.25) is 4.79 Å². The van der Waals surface area contributed by atoms with E-state index in [-0.39, 0.29) is 16.4 Å².